The molecule has 0 aliphatic carbocycles. The van der Waals surface area contributed by atoms with E-state index in [1.54, 1.807) is 11.8 Å². The summed E-state index contributed by atoms with van der Waals surface area (Å²) in [5.41, 5.74) is 0. The Morgan fingerprint density at radius 3 is 1.63 bits per heavy atom. The number of thioether (sulfide) groups is 1. The summed E-state index contributed by atoms with van der Waals surface area (Å²) in [5.74, 6) is 0.654. The number of carbonyl (C=O) groups excluding carboxylic acids is 1. The van der Waals surface area contributed by atoms with Crippen LogP contribution in [0.2, 0.25) is 0 Å². The molecule has 5 heteroatoms. The molecule has 1 amide bonds. The van der Waals surface area contributed by atoms with Crippen LogP contribution in [0, 0.1) is 0 Å². The molecule has 0 aromatic rings. The third-order valence-electron chi connectivity index (χ3n) is 4.87. The predicted octanol–water partition coefficient (Wildman–Crippen LogP) is 6.18. The first-order chi connectivity index (χ1) is 13.1. The fourth-order valence-electron chi connectivity index (χ4n) is 3.20. The Morgan fingerprint density at radius 1 is 0.778 bits per heavy atom. The Labute approximate surface area is 171 Å². The molecule has 0 aliphatic heterocycles. The Bertz CT molecular complexity index is 363. The topological polar surface area (TPSA) is 66.4 Å². The number of nitrogens with one attached hydrogen (secondary N) is 1. The number of rotatable bonds is 20. The van der Waals surface area contributed by atoms with Crippen molar-refractivity contribution in [3.63, 3.8) is 0 Å². The molecule has 0 spiro atoms. The third-order valence-corrected chi connectivity index (χ3v) is 5.97. The molecule has 0 aliphatic rings. The maximum atomic E-state index is 11.0. The van der Waals surface area contributed by atoms with Crippen LogP contribution in [0.4, 0.5) is 0 Å². The highest BCUT2D eigenvalue weighted by atomic mass is 32.2. The van der Waals surface area contributed by atoms with Gasteiger partial charge in [-0.1, -0.05) is 90.4 Å². The lowest BCUT2D eigenvalue weighted by molar-refractivity contribution is -0.141. The summed E-state index contributed by atoms with van der Waals surface area (Å²) in [6, 6.07) is -0.744. The van der Waals surface area contributed by atoms with Crippen molar-refractivity contribution < 1.29 is 14.7 Å². The number of aliphatic carboxylic acids is 1. The number of unbranched alkanes of at least 4 members (excludes halogenated alkanes) is 13. The zero-order valence-corrected chi connectivity index (χ0v) is 18.6. The Kier molecular flexibility index (Phi) is 19.5. The number of carboxylic acids is 1. The van der Waals surface area contributed by atoms with E-state index in [0.29, 0.717) is 6.42 Å². The second-order valence-electron chi connectivity index (χ2n) is 7.59. The molecule has 0 aromatic heterocycles. The van der Waals surface area contributed by atoms with E-state index in [1.807, 2.05) is 0 Å². The zero-order valence-electron chi connectivity index (χ0n) is 17.8. The summed E-state index contributed by atoms with van der Waals surface area (Å²) >= 11 is 1.80. The number of hydrogen-bond donors (Lipinski definition) is 2. The van der Waals surface area contributed by atoms with Crippen LogP contribution in [0.5, 0.6) is 0 Å². The molecule has 4 nitrogen and oxygen atoms in total. The van der Waals surface area contributed by atoms with E-state index in [2.05, 4.69) is 12.2 Å². The van der Waals surface area contributed by atoms with Crippen molar-refractivity contribution in [3.05, 3.63) is 0 Å². The second-order valence-corrected chi connectivity index (χ2v) is 8.81. The first kappa shape index (κ1) is 26.3. The lowest BCUT2D eigenvalue weighted by atomic mass is 10.0. The standard InChI is InChI=1S/C22H43NO3S/c1-3-4-5-6-7-8-9-10-11-12-13-14-15-16-18-27-19-17-21(22(25)26)23-20(2)24/h21H,3-19H2,1-2H3,(H,23,24)(H,25,26). The molecule has 1 unspecified atom stereocenters. The molecule has 1 atom stereocenters. The molecule has 0 aromatic carbocycles. The maximum Gasteiger partial charge on any atom is 0.326 e. The van der Waals surface area contributed by atoms with Crippen LogP contribution in [0.15, 0.2) is 0 Å². The van der Waals surface area contributed by atoms with Gasteiger partial charge in [0, 0.05) is 6.92 Å². The molecule has 27 heavy (non-hydrogen) atoms. The highest BCUT2D eigenvalue weighted by molar-refractivity contribution is 7.99. The van der Waals surface area contributed by atoms with Crippen molar-refractivity contribution in [2.45, 2.75) is 116 Å². The third kappa shape index (κ3) is 19.8. The fraction of sp³-hybridized carbons (Fsp3) is 0.909. The molecule has 0 bridgehead atoms. The van der Waals surface area contributed by atoms with Crippen LogP contribution < -0.4 is 5.32 Å². The largest absolute Gasteiger partial charge is 0.480 e. The van der Waals surface area contributed by atoms with Crippen molar-refractivity contribution in [2.75, 3.05) is 11.5 Å². The number of carbonyl (C=O) groups is 2. The van der Waals surface area contributed by atoms with Crippen molar-refractivity contribution in [2.24, 2.45) is 0 Å². The number of amides is 1. The summed E-state index contributed by atoms with van der Waals surface area (Å²) in [4.78, 5) is 22.0. The maximum absolute atomic E-state index is 11.0. The summed E-state index contributed by atoms with van der Waals surface area (Å²) < 4.78 is 0. The van der Waals surface area contributed by atoms with Gasteiger partial charge in [-0.05, 0) is 24.3 Å². The summed E-state index contributed by atoms with van der Waals surface area (Å²) in [6.45, 7) is 3.63. The van der Waals surface area contributed by atoms with Gasteiger partial charge >= 0.3 is 5.97 Å². The Morgan fingerprint density at radius 2 is 1.22 bits per heavy atom. The predicted molar refractivity (Wildman–Crippen MR) is 117 cm³/mol. The molecular weight excluding hydrogens is 358 g/mol. The molecular formula is C22H43NO3S. The minimum absolute atomic E-state index is 0.278. The lowest BCUT2D eigenvalue weighted by Gasteiger charge is -2.12. The van der Waals surface area contributed by atoms with Crippen molar-refractivity contribution in [1.82, 2.24) is 5.32 Å². The van der Waals surface area contributed by atoms with Crippen LogP contribution in [0.3, 0.4) is 0 Å². The highest BCUT2D eigenvalue weighted by Gasteiger charge is 2.17. The van der Waals surface area contributed by atoms with Crippen LogP contribution in [0.25, 0.3) is 0 Å². The van der Waals surface area contributed by atoms with Crippen LogP contribution >= 0.6 is 11.8 Å². The SMILES string of the molecule is CCCCCCCCCCCCCCCCSCCC(NC(C)=O)C(=O)O. The summed E-state index contributed by atoms with van der Waals surface area (Å²) in [7, 11) is 0. The minimum Gasteiger partial charge on any atom is -0.480 e. The minimum atomic E-state index is -0.942. The van der Waals surface area contributed by atoms with Crippen LogP contribution in [-0.2, 0) is 9.59 Å². The zero-order chi connectivity index (χ0) is 20.2. The van der Waals surface area contributed by atoms with Crippen LogP contribution in [-0.4, -0.2) is 34.5 Å². The van der Waals surface area contributed by atoms with Gasteiger partial charge in [-0.15, -0.1) is 0 Å². The van der Waals surface area contributed by atoms with E-state index < -0.39 is 12.0 Å². The van der Waals surface area contributed by atoms with E-state index >= 15 is 0 Å². The van der Waals surface area contributed by atoms with E-state index in [4.69, 9.17) is 5.11 Å². The lowest BCUT2D eigenvalue weighted by Crippen LogP contribution is -2.39. The van der Waals surface area contributed by atoms with Crippen LogP contribution in [0.1, 0.15) is 110 Å². The van der Waals surface area contributed by atoms with Gasteiger partial charge in [-0.2, -0.15) is 11.8 Å². The quantitative estimate of drug-likeness (QED) is 0.239. The van der Waals surface area contributed by atoms with E-state index in [-0.39, 0.29) is 5.91 Å². The van der Waals surface area contributed by atoms with E-state index in [0.717, 1.165) is 11.5 Å². The average molecular weight is 402 g/mol. The Hall–Kier alpha value is -0.710. The van der Waals surface area contributed by atoms with E-state index in [1.165, 1.54) is 96.8 Å². The van der Waals surface area contributed by atoms with Crippen molar-refractivity contribution in [1.29, 1.82) is 0 Å². The second kappa shape index (κ2) is 20.0. The van der Waals surface area contributed by atoms with Gasteiger partial charge < -0.3 is 10.4 Å². The van der Waals surface area contributed by atoms with Gasteiger partial charge in [-0.3, -0.25) is 4.79 Å². The van der Waals surface area contributed by atoms with Crippen molar-refractivity contribution in [3.8, 4) is 0 Å². The van der Waals surface area contributed by atoms with Gasteiger partial charge in [0.15, 0.2) is 0 Å². The average Bonchev–Trinajstić information content (AvgIpc) is 2.62. The van der Waals surface area contributed by atoms with Gasteiger partial charge in [0.1, 0.15) is 6.04 Å². The molecule has 160 valence electrons. The molecule has 0 heterocycles. The fourth-order valence-corrected chi connectivity index (χ4v) is 4.22. The Balaban J connectivity index is 3.24. The molecule has 0 fully saturated rings. The molecule has 0 rings (SSSR count). The monoisotopic (exact) mass is 401 g/mol. The molecule has 0 radical (unpaired) electrons. The first-order valence-corrected chi connectivity index (χ1v) is 12.3. The molecule has 2 N–H and O–H groups in total. The molecule has 0 saturated heterocycles. The van der Waals surface area contributed by atoms with Crippen molar-refractivity contribution >= 4 is 23.6 Å². The molecule has 0 saturated carbocycles. The summed E-state index contributed by atoms with van der Waals surface area (Å²) in [5, 5.41) is 11.5. The van der Waals surface area contributed by atoms with Gasteiger partial charge in [0.05, 0.1) is 0 Å². The van der Waals surface area contributed by atoms with Gasteiger partial charge in [-0.25, -0.2) is 4.79 Å². The smallest absolute Gasteiger partial charge is 0.326 e. The normalized spacial score (nSPS) is 12.1. The number of hydrogen-bond acceptors (Lipinski definition) is 3. The van der Waals surface area contributed by atoms with Gasteiger partial charge in [0.2, 0.25) is 5.91 Å². The highest BCUT2D eigenvalue weighted by Crippen LogP contribution is 2.14. The van der Waals surface area contributed by atoms with E-state index in [9.17, 15) is 9.59 Å². The summed E-state index contributed by atoms with van der Waals surface area (Å²) in [6.07, 6.45) is 19.7. The first-order valence-electron chi connectivity index (χ1n) is 11.2. The number of carboxylic acid groups (broad SMARTS) is 1. The van der Waals surface area contributed by atoms with Gasteiger partial charge in [0.25, 0.3) is 0 Å².